The standard InChI is InChI=1S/C9H15F5OS/c10-8(11,9(12,13)14)4-3-7-16-6-2-1-5-15/h15H,1-7H2. The first-order valence-electron chi connectivity index (χ1n) is 4.94. The first-order valence-corrected chi connectivity index (χ1v) is 6.10. The Morgan fingerprint density at radius 3 is 1.94 bits per heavy atom. The Morgan fingerprint density at radius 1 is 0.875 bits per heavy atom. The maximum atomic E-state index is 12.4. The minimum atomic E-state index is -5.44. The largest absolute Gasteiger partial charge is 0.453 e. The molecule has 0 radical (unpaired) electrons. The van der Waals surface area contributed by atoms with Crippen LogP contribution >= 0.6 is 11.8 Å². The van der Waals surface area contributed by atoms with Gasteiger partial charge in [-0.25, -0.2) is 0 Å². The summed E-state index contributed by atoms with van der Waals surface area (Å²) < 4.78 is 60.0. The third-order valence-corrected chi connectivity index (χ3v) is 3.05. The number of hydrogen-bond acceptors (Lipinski definition) is 2. The monoisotopic (exact) mass is 266 g/mol. The van der Waals surface area contributed by atoms with E-state index in [0.29, 0.717) is 12.2 Å². The van der Waals surface area contributed by atoms with E-state index in [1.54, 1.807) is 0 Å². The quantitative estimate of drug-likeness (QED) is 0.536. The van der Waals surface area contributed by atoms with E-state index in [2.05, 4.69) is 0 Å². The van der Waals surface area contributed by atoms with Crippen LogP contribution in [0.2, 0.25) is 0 Å². The van der Waals surface area contributed by atoms with Crippen LogP contribution in [0.3, 0.4) is 0 Å². The lowest BCUT2D eigenvalue weighted by atomic mass is 10.2. The predicted molar refractivity (Wildman–Crippen MR) is 53.9 cm³/mol. The summed E-state index contributed by atoms with van der Waals surface area (Å²) in [4.78, 5) is 0. The number of rotatable bonds is 8. The van der Waals surface area contributed by atoms with Gasteiger partial charge in [0.2, 0.25) is 0 Å². The molecule has 0 saturated heterocycles. The molecule has 7 heteroatoms. The van der Waals surface area contributed by atoms with Gasteiger partial charge in [-0.15, -0.1) is 0 Å². The van der Waals surface area contributed by atoms with Gasteiger partial charge in [-0.3, -0.25) is 0 Å². The van der Waals surface area contributed by atoms with Gasteiger partial charge in [0.25, 0.3) is 0 Å². The van der Waals surface area contributed by atoms with E-state index in [1.165, 1.54) is 11.8 Å². The Bertz CT molecular complexity index is 183. The van der Waals surface area contributed by atoms with Crippen LogP contribution in [0.25, 0.3) is 0 Å². The van der Waals surface area contributed by atoms with Crippen LogP contribution in [0.1, 0.15) is 25.7 Å². The normalized spacial score (nSPS) is 13.1. The lowest BCUT2D eigenvalue weighted by molar-refractivity contribution is -0.284. The minimum Gasteiger partial charge on any atom is -0.396 e. The molecule has 0 unspecified atom stereocenters. The number of hydrogen-bond donors (Lipinski definition) is 1. The van der Waals surface area contributed by atoms with Gasteiger partial charge in [-0.2, -0.15) is 33.7 Å². The lowest BCUT2D eigenvalue weighted by Crippen LogP contribution is -2.36. The Morgan fingerprint density at radius 2 is 1.44 bits per heavy atom. The molecule has 0 heterocycles. The number of thioether (sulfide) groups is 1. The van der Waals surface area contributed by atoms with Crippen molar-refractivity contribution < 1.29 is 27.1 Å². The van der Waals surface area contributed by atoms with E-state index in [4.69, 9.17) is 5.11 Å². The van der Waals surface area contributed by atoms with Crippen molar-refractivity contribution in [1.82, 2.24) is 0 Å². The second kappa shape index (κ2) is 7.32. The molecule has 0 fully saturated rings. The van der Waals surface area contributed by atoms with Gasteiger partial charge in [0.1, 0.15) is 0 Å². The molecule has 16 heavy (non-hydrogen) atoms. The summed E-state index contributed by atoms with van der Waals surface area (Å²) >= 11 is 1.33. The molecule has 0 spiro atoms. The zero-order valence-corrected chi connectivity index (χ0v) is 9.51. The van der Waals surface area contributed by atoms with Gasteiger partial charge in [0.15, 0.2) is 0 Å². The van der Waals surface area contributed by atoms with E-state index in [-0.39, 0.29) is 18.8 Å². The second-order valence-corrected chi connectivity index (χ2v) is 4.57. The molecule has 0 aromatic heterocycles. The van der Waals surface area contributed by atoms with Crippen LogP contribution in [0.5, 0.6) is 0 Å². The van der Waals surface area contributed by atoms with E-state index in [1.807, 2.05) is 0 Å². The van der Waals surface area contributed by atoms with E-state index in [9.17, 15) is 22.0 Å². The van der Waals surface area contributed by atoms with Crippen LogP contribution in [0.4, 0.5) is 22.0 Å². The molecule has 0 rings (SSSR count). The Balaban J connectivity index is 3.51. The molecule has 0 atom stereocenters. The molecule has 1 nitrogen and oxygen atoms in total. The third kappa shape index (κ3) is 6.52. The van der Waals surface area contributed by atoms with Gasteiger partial charge in [-0.05, 0) is 30.8 Å². The van der Waals surface area contributed by atoms with Gasteiger partial charge in [-0.1, -0.05) is 0 Å². The molecule has 0 saturated carbocycles. The Labute approximate surface area is 95.4 Å². The van der Waals surface area contributed by atoms with Crippen LogP contribution in [0.15, 0.2) is 0 Å². The van der Waals surface area contributed by atoms with Crippen LogP contribution in [0, 0.1) is 0 Å². The maximum Gasteiger partial charge on any atom is 0.453 e. The highest BCUT2D eigenvalue weighted by Gasteiger charge is 2.56. The minimum absolute atomic E-state index is 0.0761. The van der Waals surface area contributed by atoms with Crippen LogP contribution in [-0.2, 0) is 0 Å². The summed E-state index contributed by atoms with van der Waals surface area (Å²) in [6.07, 6.45) is -5.36. The lowest BCUT2D eigenvalue weighted by Gasteiger charge is -2.19. The smallest absolute Gasteiger partial charge is 0.396 e. The predicted octanol–water partition coefficient (Wildman–Crippen LogP) is 3.47. The number of halogens is 5. The third-order valence-electron chi connectivity index (χ3n) is 1.89. The summed E-state index contributed by atoms with van der Waals surface area (Å²) in [6.45, 7) is 0.0761. The van der Waals surface area contributed by atoms with Crippen molar-refractivity contribution in [1.29, 1.82) is 0 Å². The van der Waals surface area contributed by atoms with Crippen LogP contribution < -0.4 is 0 Å². The highest BCUT2D eigenvalue weighted by molar-refractivity contribution is 7.99. The van der Waals surface area contributed by atoms with E-state index >= 15 is 0 Å². The SMILES string of the molecule is OCCCCSCCCC(F)(F)C(F)(F)F. The molecule has 0 amide bonds. The summed E-state index contributed by atoms with van der Waals surface area (Å²) in [6, 6.07) is 0. The first kappa shape index (κ1) is 16.0. The molecule has 0 aliphatic carbocycles. The number of aliphatic hydroxyl groups is 1. The second-order valence-electron chi connectivity index (χ2n) is 3.35. The van der Waals surface area contributed by atoms with Gasteiger partial charge >= 0.3 is 12.1 Å². The number of unbranched alkanes of at least 4 members (excludes halogenated alkanes) is 1. The summed E-state index contributed by atoms with van der Waals surface area (Å²) in [5.41, 5.74) is 0. The molecule has 98 valence electrons. The zero-order chi connectivity index (χ0) is 12.7. The molecule has 0 aliphatic heterocycles. The van der Waals surface area contributed by atoms with E-state index < -0.39 is 18.5 Å². The fraction of sp³-hybridized carbons (Fsp3) is 1.00. The molecule has 0 aliphatic rings. The van der Waals surface area contributed by atoms with Crippen molar-refractivity contribution in [3.8, 4) is 0 Å². The number of aliphatic hydroxyl groups excluding tert-OH is 1. The highest BCUT2D eigenvalue weighted by Crippen LogP contribution is 2.38. The molecule has 0 bridgehead atoms. The molecule has 0 aromatic rings. The fourth-order valence-electron chi connectivity index (χ4n) is 0.956. The average molecular weight is 266 g/mol. The van der Waals surface area contributed by atoms with Crippen molar-refractivity contribution in [3.05, 3.63) is 0 Å². The van der Waals surface area contributed by atoms with Crippen molar-refractivity contribution in [2.24, 2.45) is 0 Å². The fourth-order valence-corrected chi connectivity index (χ4v) is 1.92. The molecular weight excluding hydrogens is 251 g/mol. The van der Waals surface area contributed by atoms with Crippen molar-refractivity contribution in [3.63, 3.8) is 0 Å². The molecular formula is C9H15F5OS. The summed E-state index contributed by atoms with van der Waals surface area (Å²) in [5.74, 6) is -3.60. The first-order chi connectivity index (χ1) is 7.31. The van der Waals surface area contributed by atoms with Crippen molar-refractivity contribution in [2.45, 2.75) is 37.8 Å². The topological polar surface area (TPSA) is 20.2 Å². The Kier molecular flexibility index (Phi) is 7.30. The van der Waals surface area contributed by atoms with Gasteiger partial charge in [0.05, 0.1) is 0 Å². The molecule has 0 aromatic carbocycles. The Hall–Kier alpha value is -0.0400. The van der Waals surface area contributed by atoms with Gasteiger partial charge in [0, 0.05) is 13.0 Å². The highest BCUT2D eigenvalue weighted by atomic mass is 32.2. The van der Waals surface area contributed by atoms with Crippen LogP contribution in [-0.4, -0.2) is 35.3 Å². The average Bonchev–Trinajstić information content (AvgIpc) is 2.14. The van der Waals surface area contributed by atoms with E-state index in [0.717, 1.165) is 6.42 Å². The van der Waals surface area contributed by atoms with Crippen molar-refractivity contribution in [2.75, 3.05) is 18.1 Å². The summed E-state index contributed by atoms with van der Waals surface area (Å²) in [5, 5.41) is 8.43. The van der Waals surface area contributed by atoms with Gasteiger partial charge < -0.3 is 5.11 Å². The summed E-state index contributed by atoms with van der Waals surface area (Å²) in [7, 11) is 0. The van der Waals surface area contributed by atoms with Crippen molar-refractivity contribution >= 4 is 11.8 Å². The zero-order valence-electron chi connectivity index (χ0n) is 8.70. The maximum absolute atomic E-state index is 12.4. The molecule has 1 N–H and O–H groups in total. The number of alkyl halides is 5.